The predicted molar refractivity (Wildman–Crippen MR) is 93.9 cm³/mol. The van der Waals surface area contributed by atoms with Gasteiger partial charge in [0, 0.05) is 11.8 Å². The van der Waals surface area contributed by atoms with Gasteiger partial charge in [0.15, 0.2) is 4.96 Å². The first-order valence-electron chi connectivity index (χ1n) is 7.04. The van der Waals surface area contributed by atoms with Gasteiger partial charge >= 0.3 is 0 Å². The first-order valence-corrected chi connectivity index (χ1v) is 9.41. The summed E-state index contributed by atoms with van der Waals surface area (Å²) in [5, 5.41) is 5.19. The zero-order chi connectivity index (χ0) is 16.9. The van der Waals surface area contributed by atoms with Gasteiger partial charge in [0.2, 0.25) is 10.0 Å². The first kappa shape index (κ1) is 15.1. The summed E-state index contributed by atoms with van der Waals surface area (Å²) in [6, 6.07) is 12.5. The molecule has 0 aliphatic rings. The number of nitrogens with two attached hydrogens (primary N) is 1. The van der Waals surface area contributed by atoms with Crippen molar-refractivity contribution < 1.29 is 13.2 Å². The van der Waals surface area contributed by atoms with Crippen LogP contribution in [0.5, 0.6) is 5.75 Å². The molecule has 0 saturated carbocycles. The van der Waals surface area contributed by atoms with Gasteiger partial charge < -0.3 is 4.74 Å². The van der Waals surface area contributed by atoms with E-state index >= 15 is 0 Å². The molecule has 4 aromatic rings. The Labute approximate surface area is 142 Å². The van der Waals surface area contributed by atoms with Crippen molar-refractivity contribution in [2.75, 3.05) is 7.11 Å². The van der Waals surface area contributed by atoms with Gasteiger partial charge in [-0.05, 0) is 42.5 Å². The molecule has 0 spiro atoms. The quantitative estimate of drug-likeness (QED) is 0.609. The number of imidazole rings is 1. The molecule has 0 fully saturated rings. The van der Waals surface area contributed by atoms with E-state index in [9.17, 15) is 8.42 Å². The summed E-state index contributed by atoms with van der Waals surface area (Å²) < 4.78 is 30.9. The molecular formula is C16H13N3O3S2. The van der Waals surface area contributed by atoms with E-state index in [0.29, 0.717) is 0 Å². The van der Waals surface area contributed by atoms with E-state index in [1.54, 1.807) is 19.2 Å². The van der Waals surface area contributed by atoms with Gasteiger partial charge in [-0.1, -0.05) is 11.3 Å². The molecule has 0 bridgehead atoms. The second-order valence-electron chi connectivity index (χ2n) is 5.28. The third-order valence-corrected chi connectivity index (χ3v) is 5.71. The first-order chi connectivity index (χ1) is 11.5. The Bertz CT molecular complexity index is 1160. The van der Waals surface area contributed by atoms with Crippen molar-refractivity contribution >= 4 is 36.5 Å². The molecule has 4 rings (SSSR count). The zero-order valence-electron chi connectivity index (χ0n) is 12.6. The summed E-state index contributed by atoms with van der Waals surface area (Å²) in [7, 11) is -2.08. The number of ether oxygens (including phenoxy) is 1. The molecular weight excluding hydrogens is 346 g/mol. The number of hydrogen-bond donors (Lipinski definition) is 1. The topological polar surface area (TPSA) is 86.7 Å². The van der Waals surface area contributed by atoms with Gasteiger partial charge in [0.1, 0.15) is 5.75 Å². The van der Waals surface area contributed by atoms with Gasteiger partial charge in [0.25, 0.3) is 0 Å². The van der Waals surface area contributed by atoms with Crippen LogP contribution in [0.4, 0.5) is 0 Å². The molecule has 6 nitrogen and oxygen atoms in total. The molecule has 122 valence electrons. The summed E-state index contributed by atoms with van der Waals surface area (Å²) in [6.07, 6.45) is 1.94. The van der Waals surface area contributed by atoms with Crippen LogP contribution in [-0.4, -0.2) is 24.9 Å². The lowest BCUT2D eigenvalue weighted by molar-refractivity contribution is 0.415. The van der Waals surface area contributed by atoms with Crippen LogP contribution in [0.25, 0.3) is 26.4 Å². The lowest BCUT2D eigenvalue weighted by Crippen LogP contribution is -2.11. The Kier molecular flexibility index (Phi) is 3.34. The number of sulfonamides is 1. The molecule has 2 aromatic heterocycles. The maximum atomic E-state index is 11.5. The maximum Gasteiger partial charge on any atom is 0.238 e. The van der Waals surface area contributed by atoms with Crippen LogP contribution < -0.4 is 9.88 Å². The molecule has 0 aliphatic carbocycles. The van der Waals surface area contributed by atoms with Gasteiger partial charge in [-0.15, -0.1) is 0 Å². The van der Waals surface area contributed by atoms with Crippen LogP contribution >= 0.6 is 11.3 Å². The maximum absolute atomic E-state index is 11.5. The molecule has 0 unspecified atom stereocenters. The zero-order valence-corrected chi connectivity index (χ0v) is 14.3. The molecule has 0 aliphatic heterocycles. The highest BCUT2D eigenvalue weighted by molar-refractivity contribution is 7.89. The lowest BCUT2D eigenvalue weighted by atomic mass is 10.2. The van der Waals surface area contributed by atoms with Crippen molar-refractivity contribution in [1.82, 2.24) is 9.38 Å². The number of hydrogen-bond acceptors (Lipinski definition) is 5. The third kappa shape index (κ3) is 2.44. The van der Waals surface area contributed by atoms with Crippen molar-refractivity contribution in [2.24, 2.45) is 5.14 Å². The van der Waals surface area contributed by atoms with Crippen molar-refractivity contribution in [3.63, 3.8) is 0 Å². The van der Waals surface area contributed by atoms with Crippen LogP contribution in [0.3, 0.4) is 0 Å². The number of thiazole rings is 1. The molecule has 0 saturated heterocycles. The Hall–Kier alpha value is -2.42. The standard InChI is InChI=1S/C16H13N3O3S2/c1-22-11-4-2-10(3-5-11)13-9-19-14-7-6-12(24(17,20)21)8-15(14)23-16(19)18-13/h2-9H,1H3,(H2,17,20,21). The summed E-state index contributed by atoms with van der Waals surface area (Å²) in [4.78, 5) is 5.53. The van der Waals surface area contributed by atoms with Crippen LogP contribution in [0.2, 0.25) is 0 Å². The average molecular weight is 359 g/mol. The minimum absolute atomic E-state index is 0.106. The highest BCUT2D eigenvalue weighted by atomic mass is 32.2. The Morgan fingerprint density at radius 1 is 1.17 bits per heavy atom. The van der Waals surface area contributed by atoms with Crippen molar-refractivity contribution in [1.29, 1.82) is 0 Å². The van der Waals surface area contributed by atoms with E-state index in [-0.39, 0.29) is 4.90 Å². The molecule has 2 aromatic carbocycles. The SMILES string of the molecule is COc1ccc(-c2cn3c(n2)sc2cc(S(N)(=O)=O)ccc23)cc1. The highest BCUT2D eigenvalue weighted by Crippen LogP contribution is 2.31. The van der Waals surface area contributed by atoms with Crippen LogP contribution in [0, 0.1) is 0 Å². The third-order valence-electron chi connectivity index (χ3n) is 3.78. The number of methoxy groups -OCH3 is 1. The van der Waals surface area contributed by atoms with Crippen LogP contribution in [-0.2, 0) is 10.0 Å². The normalized spacial score (nSPS) is 12.1. The smallest absolute Gasteiger partial charge is 0.238 e. The molecule has 0 amide bonds. The number of fused-ring (bicyclic) bond motifs is 3. The minimum atomic E-state index is -3.71. The number of benzene rings is 2. The molecule has 24 heavy (non-hydrogen) atoms. The highest BCUT2D eigenvalue weighted by Gasteiger charge is 2.14. The summed E-state index contributed by atoms with van der Waals surface area (Å²) >= 11 is 1.42. The van der Waals surface area contributed by atoms with E-state index in [1.165, 1.54) is 17.4 Å². The monoisotopic (exact) mass is 359 g/mol. The molecule has 2 N–H and O–H groups in total. The van der Waals surface area contributed by atoms with Crippen LogP contribution in [0.1, 0.15) is 0 Å². The summed E-state index contributed by atoms with van der Waals surface area (Å²) in [5.74, 6) is 0.792. The second kappa shape index (κ2) is 5.30. The van der Waals surface area contributed by atoms with E-state index in [4.69, 9.17) is 9.88 Å². The fourth-order valence-corrected chi connectivity index (χ4v) is 4.22. The molecule has 8 heteroatoms. The Balaban J connectivity index is 1.84. The molecule has 2 heterocycles. The van der Waals surface area contributed by atoms with Crippen molar-refractivity contribution in [2.45, 2.75) is 4.90 Å². The number of rotatable bonds is 3. The van der Waals surface area contributed by atoms with Gasteiger partial charge in [-0.3, -0.25) is 4.40 Å². The number of nitrogens with zero attached hydrogens (tertiary/aromatic N) is 2. The van der Waals surface area contributed by atoms with Crippen molar-refractivity contribution in [3.05, 3.63) is 48.7 Å². The van der Waals surface area contributed by atoms with E-state index in [1.807, 2.05) is 34.9 Å². The number of primary sulfonamides is 1. The molecule has 0 atom stereocenters. The lowest BCUT2D eigenvalue weighted by Gasteiger charge is -2.00. The van der Waals surface area contributed by atoms with Gasteiger partial charge in [0.05, 0.1) is 27.9 Å². The van der Waals surface area contributed by atoms with Crippen LogP contribution in [0.15, 0.2) is 53.6 Å². The number of aromatic nitrogens is 2. The fourth-order valence-electron chi connectivity index (χ4n) is 2.56. The summed E-state index contributed by atoms with van der Waals surface area (Å²) in [6.45, 7) is 0. The molecule has 0 radical (unpaired) electrons. The fraction of sp³-hybridized carbons (Fsp3) is 0.0625. The predicted octanol–water partition coefficient (Wildman–Crippen LogP) is 2.87. The Morgan fingerprint density at radius 2 is 1.92 bits per heavy atom. The van der Waals surface area contributed by atoms with E-state index < -0.39 is 10.0 Å². The average Bonchev–Trinajstić information content (AvgIpc) is 3.11. The largest absolute Gasteiger partial charge is 0.497 e. The summed E-state index contributed by atoms with van der Waals surface area (Å²) in [5.41, 5.74) is 2.73. The van der Waals surface area contributed by atoms with Gasteiger partial charge in [-0.25, -0.2) is 18.5 Å². The second-order valence-corrected chi connectivity index (χ2v) is 7.85. The van der Waals surface area contributed by atoms with E-state index in [2.05, 4.69) is 4.98 Å². The van der Waals surface area contributed by atoms with Crippen molar-refractivity contribution in [3.8, 4) is 17.0 Å². The minimum Gasteiger partial charge on any atom is -0.497 e. The Morgan fingerprint density at radius 3 is 2.58 bits per heavy atom. The van der Waals surface area contributed by atoms with Gasteiger partial charge in [-0.2, -0.15) is 0 Å². The van der Waals surface area contributed by atoms with E-state index in [0.717, 1.165) is 32.2 Å².